The van der Waals surface area contributed by atoms with E-state index in [9.17, 15) is 0 Å². The summed E-state index contributed by atoms with van der Waals surface area (Å²) in [4.78, 5) is 0. The Kier molecular flexibility index (Phi) is 8.99. The molecule has 0 spiro atoms. The number of hydrogen-bond donors (Lipinski definition) is 0. The van der Waals surface area contributed by atoms with E-state index < -0.39 is 0 Å². The highest BCUT2D eigenvalue weighted by Crippen LogP contribution is 2.47. The summed E-state index contributed by atoms with van der Waals surface area (Å²) in [5.74, 6) is 0. The number of benzene rings is 13. The van der Waals surface area contributed by atoms with Crippen LogP contribution < -0.4 is 0 Å². The largest absolute Gasteiger partial charge is 0.309 e. The molecule has 2 heteroatoms. The lowest BCUT2D eigenvalue weighted by atomic mass is 9.83. The minimum Gasteiger partial charge on any atom is -0.309 e. The van der Waals surface area contributed by atoms with Gasteiger partial charge in [0.15, 0.2) is 0 Å². The van der Waals surface area contributed by atoms with Crippen molar-refractivity contribution < 1.29 is 0 Å². The summed E-state index contributed by atoms with van der Waals surface area (Å²) in [5, 5.41) is 14.9. The first-order valence-corrected chi connectivity index (χ1v) is 24.9. The number of hydrogen-bond acceptors (Lipinski definition) is 0. The van der Waals surface area contributed by atoms with E-state index in [-0.39, 0.29) is 0 Å². The normalized spacial score (nSPS) is 11.9. The SMILES string of the molecule is c1ccc(-c2c3ccc(-c4ccc5cc(-n6c7ccccc7c7ccccc76)ccc5c4)cc3c(-c3ccccc3)c3ccc(-c4ccc5cc(-n6c7ccccc7c7ccccc76)ccc5c4)cc23)cc1. The number of nitrogens with zero attached hydrogens (tertiary/aromatic N) is 2. The molecule has 72 heavy (non-hydrogen) atoms. The maximum absolute atomic E-state index is 2.43. The second-order valence-electron chi connectivity index (χ2n) is 19.2. The smallest absolute Gasteiger partial charge is 0.0541 e. The van der Waals surface area contributed by atoms with Gasteiger partial charge in [0.1, 0.15) is 0 Å². The lowest BCUT2D eigenvalue weighted by Crippen LogP contribution is -1.94. The third-order valence-electron chi connectivity index (χ3n) is 15.2. The predicted octanol–water partition coefficient (Wildman–Crippen LogP) is 19.2. The van der Waals surface area contributed by atoms with Crippen LogP contribution in [0.2, 0.25) is 0 Å². The molecule has 0 radical (unpaired) electrons. The predicted molar refractivity (Wildman–Crippen MR) is 307 cm³/mol. The third kappa shape index (κ3) is 6.29. The Bertz CT molecular complexity index is 4260. The Hall–Kier alpha value is -9.50. The molecule has 0 N–H and O–H groups in total. The molecule has 0 saturated carbocycles. The van der Waals surface area contributed by atoms with E-state index in [1.807, 2.05) is 0 Å². The maximum Gasteiger partial charge on any atom is 0.0541 e. The van der Waals surface area contributed by atoms with E-state index in [2.05, 4.69) is 276 Å². The minimum absolute atomic E-state index is 1.17. The van der Waals surface area contributed by atoms with Crippen molar-refractivity contribution in [3.05, 3.63) is 267 Å². The first-order valence-electron chi connectivity index (χ1n) is 24.9. The highest BCUT2D eigenvalue weighted by Gasteiger charge is 2.20. The molecular formula is C70H44N2. The molecule has 0 aliphatic carbocycles. The van der Waals surface area contributed by atoms with Crippen LogP contribution in [0.1, 0.15) is 0 Å². The fourth-order valence-electron chi connectivity index (χ4n) is 11.9. The van der Waals surface area contributed by atoms with Gasteiger partial charge in [-0.15, -0.1) is 0 Å². The lowest BCUT2D eigenvalue weighted by molar-refractivity contribution is 1.19. The topological polar surface area (TPSA) is 9.86 Å². The van der Waals surface area contributed by atoms with E-state index in [1.54, 1.807) is 0 Å². The summed E-state index contributed by atoms with van der Waals surface area (Å²) in [7, 11) is 0. The molecule has 0 bridgehead atoms. The van der Waals surface area contributed by atoms with Gasteiger partial charge in [-0.3, -0.25) is 0 Å². The summed E-state index contributed by atoms with van der Waals surface area (Å²) in [5.41, 5.74) is 16.9. The summed E-state index contributed by atoms with van der Waals surface area (Å²) in [6.45, 7) is 0. The summed E-state index contributed by atoms with van der Waals surface area (Å²) >= 11 is 0. The van der Waals surface area contributed by atoms with Gasteiger partial charge in [-0.25, -0.2) is 0 Å². The van der Waals surface area contributed by atoms with Crippen LogP contribution in [0.5, 0.6) is 0 Å². The molecule has 2 aromatic heterocycles. The van der Waals surface area contributed by atoms with E-state index in [4.69, 9.17) is 0 Å². The Morgan fingerprint density at radius 2 is 0.486 bits per heavy atom. The Morgan fingerprint density at radius 1 is 0.181 bits per heavy atom. The van der Waals surface area contributed by atoms with Crippen LogP contribution in [0.3, 0.4) is 0 Å². The van der Waals surface area contributed by atoms with E-state index in [0.29, 0.717) is 0 Å². The third-order valence-corrected chi connectivity index (χ3v) is 15.2. The molecule has 15 aromatic rings. The van der Waals surface area contributed by atoms with Gasteiger partial charge in [0.05, 0.1) is 22.1 Å². The van der Waals surface area contributed by atoms with Crippen LogP contribution in [0.4, 0.5) is 0 Å². The molecule has 0 aliphatic heterocycles. The highest BCUT2D eigenvalue weighted by molar-refractivity contribution is 6.23. The van der Waals surface area contributed by atoms with Crippen molar-refractivity contribution >= 4 is 86.7 Å². The van der Waals surface area contributed by atoms with Gasteiger partial charge in [0.25, 0.3) is 0 Å². The average Bonchev–Trinajstić information content (AvgIpc) is 3.97. The highest BCUT2D eigenvalue weighted by atomic mass is 15.0. The molecular weight excluding hydrogens is 869 g/mol. The van der Waals surface area contributed by atoms with Gasteiger partial charge >= 0.3 is 0 Å². The zero-order valence-corrected chi connectivity index (χ0v) is 39.3. The fraction of sp³-hybridized carbons (Fsp3) is 0. The van der Waals surface area contributed by atoms with Crippen molar-refractivity contribution in [2.45, 2.75) is 0 Å². The molecule has 0 amide bonds. The standard InChI is InChI=1S/C70H44N2/c1-3-15-45(16-4-1)69-61-37-33-54(48-28-30-52-42-56(36-32-50(52)40-48)72-67-25-13-9-21-59(67)60-22-10-14-26-68(60)72)44-64(61)70(46-17-5-2-6-18-46)62-38-34-53(43-63(62)69)47-27-29-51-41-55(35-31-49(51)39-47)71-65-23-11-7-19-57(65)58-20-8-12-24-66(58)71/h1-44H. The molecule has 0 unspecified atom stereocenters. The molecule has 0 saturated heterocycles. The van der Waals surface area contributed by atoms with Crippen molar-refractivity contribution in [2.24, 2.45) is 0 Å². The van der Waals surface area contributed by atoms with Crippen LogP contribution >= 0.6 is 0 Å². The molecule has 0 atom stereocenters. The van der Waals surface area contributed by atoms with Crippen LogP contribution in [0, 0.1) is 0 Å². The quantitative estimate of drug-likeness (QED) is 0.147. The van der Waals surface area contributed by atoms with Crippen molar-refractivity contribution in [3.63, 3.8) is 0 Å². The molecule has 13 aromatic carbocycles. The summed E-state index contributed by atoms with van der Waals surface area (Å²) in [6, 6.07) is 98.7. The van der Waals surface area contributed by atoms with E-state index in [0.717, 1.165) is 0 Å². The van der Waals surface area contributed by atoms with Crippen molar-refractivity contribution in [3.8, 4) is 55.9 Å². The number of rotatable bonds is 6. The summed E-state index contributed by atoms with van der Waals surface area (Å²) in [6.07, 6.45) is 0. The Labute approximate surface area is 416 Å². The first-order chi connectivity index (χ1) is 35.7. The van der Waals surface area contributed by atoms with Crippen LogP contribution in [-0.4, -0.2) is 9.13 Å². The molecule has 0 fully saturated rings. The first kappa shape index (κ1) is 40.4. The van der Waals surface area contributed by atoms with Crippen molar-refractivity contribution in [1.82, 2.24) is 9.13 Å². The second-order valence-corrected chi connectivity index (χ2v) is 19.2. The minimum atomic E-state index is 1.17. The van der Waals surface area contributed by atoms with Crippen molar-refractivity contribution in [1.29, 1.82) is 0 Å². The van der Waals surface area contributed by atoms with Gasteiger partial charge in [0, 0.05) is 32.9 Å². The van der Waals surface area contributed by atoms with Gasteiger partial charge in [0.2, 0.25) is 0 Å². The van der Waals surface area contributed by atoms with Crippen LogP contribution in [0.15, 0.2) is 267 Å². The van der Waals surface area contributed by atoms with Gasteiger partial charge in [-0.1, -0.05) is 194 Å². The van der Waals surface area contributed by atoms with Gasteiger partial charge < -0.3 is 9.13 Å². The molecule has 0 aliphatic rings. The van der Waals surface area contributed by atoms with Crippen LogP contribution in [0.25, 0.3) is 143 Å². The summed E-state index contributed by atoms with van der Waals surface area (Å²) < 4.78 is 4.80. The fourth-order valence-corrected chi connectivity index (χ4v) is 11.9. The maximum atomic E-state index is 2.43. The van der Waals surface area contributed by atoms with Gasteiger partial charge in [-0.2, -0.15) is 0 Å². The molecule has 2 nitrogen and oxygen atoms in total. The Morgan fingerprint density at radius 3 is 0.875 bits per heavy atom. The number of fused-ring (bicyclic) bond motifs is 10. The second kappa shape index (κ2) is 16.0. The average molecular weight is 913 g/mol. The van der Waals surface area contributed by atoms with Crippen molar-refractivity contribution in [2.75, 3.05) is 0 Å². The number of para-hydroxylation sites is 4. The molecule has 2 heterocycles. The van der Waals surface area contributed by atoms with Crippen LogP contribution in [-0.2, 0) is 0 Å². The zero-order valence-electron chi connectivity index (χ0n) is 39.3. The monoisotopic (exact) mass is 912 g/mol. The number of aromatic nitrogens is 2. The lowest BCUT2D eigenvalue weighted by Gasteiger charge is -2.20. The zero-order chi connectivity index (χ0) is 47.3. The van der Waals surface area contributed by atoms with E-state index in [1.165, 1.54) is 143 Å². The molecule has 334 valence electrons. The van der Waals surface area contributed by atoms with E-state index >= 15 is 0 Å². The van der Waals surface area contributed by atoms with Gasteiger partial charge in [-0.05, 0) is 160 Å². The Balaban J connectivity index is 0.867. The molecule has 15 rings (SSSR count).